The van der Waals surface area contributed by atoms with Gasteiger partial charge < -0.3 is 5.32 Å². The molecule has 0 bridgehead atoms. The van der Waals surface area contributed by atoms with Gasteiger partial charge in [0.1, 0.15) is 0 Å². The maximum absolute atomic E-state index is 12.1. The third kappa shape index (κ3) is 3.63. The van der Waals surface area contributed by atoms with Gasteiger partial charge in [-0.25, -0.2) is 0 Å². The summed E-state index contributed by atoms with van der Waals surface area (Å²) in [5.41, 5.74) is 1.33. The number of halogens is 2. The first-order chi connectivity index (χ1) is 8.60. The zero-order valence-corrected chi connectivity index (χ0v) is 12.3. The summed E-state index contributed by atoms with van der Waals surface area (Å²) >= 11 is 11.8. The van der Waals surface area contributed by atoms with E-state index >= 15 is 0 Å². The van der Waals surface area contributed by atoms with E-state index in [1.54, 1.807) is 0 Å². The second kappa shape index (κ2) is 7.01. The minimum absolute atomic E-state index is 0.124. The van der Waals surface area contributed by atoms with E-state index in [-0.39, 0.29) is 5.91 Å². The van der Waals surface area contributed by atoms with E-state index in [0.29, 0.717) is 23.7 Å². The molecule has 0 heterocycles. The minimum atomic E-state index is -0.524. The van der Waals surface area contributed by atoms with Crippen LogP contribution in [0.3, 0.4) is 0 Å². The van der Waals surface area contributed by atoms with Gasteiger partial charge in [0.25, 0.3) is 5.91 Å². The van der Waals surface area contributed by atoms with Gasteiger partial charge in [-0.3, -0.25) is 4.79 Å². The fraction of sp³-hybridized carbons (Fsp3) is 0.500. The number of nitrogens with one attached hydrogen (secondary N) is 1. The van der Waals surface area contributed by atoms with Gasteiger partial charge in [-0.2, -0.15) is 0 Å². The number of aryl methyl sites for hydroxylation is 1. The Bertz CT molecular complexity index is 377. The SMILES string of the molecule is CCc1ccc(C(=O)NC(CC)(CCl)CCl)cc1. The number of rotatable bonds is 6. The molecule has 1 aromatic rings. The maximum atomic E-state index is 12.1. The molecule has 0 atom stereocenters. The Hall–Kier alpha value is -0.730. The first kappa shape index (κ1) is 15.3. The molecule has 1 aromatic carbocycles. The van der Waals surface area contributed by atoms with E-state index < -0.39 is 5.54 Å². The van der Waals surface area contributed by atoms with Crippen LogP contribution >= 0.6 is 23.2 Å². The number of alkyl halides is 2. The van der Waals surface area contributed by atoms with Crippen LogP contribution in [-0.2, 0) is 6.42 Å². The van der Waals surface area contributed by atoms with E-state index in [0.717, 1.165) is 6.42 Å². The van der Waals surface area contributed by atoms with Crippen LogP contribution in [0.2, 0.25) is 0 Å². The van der Waals surface area contributed by atoms with E-state index in [1.807, 2.05) is 31.2 Å². The van der Waals surface area contributed by atoms with Crippen LogP contribution in [0.15, 0.2) is 24.3 Å². The average molecular weight is 288 g/mol. The monoisotopic (exact) mass is 287 g/mol. The molecule has 1 N–H and O–H groups in total. The maximum Gasteiger partial charge on any atom is 0.251 e. The molecule has 2 nitrogen and oxygen atoms in total. The number of benzene rings is 1. The average Bonchev–Trinajstić information content (AvgIpc) is 2.45. The van der Waals surface area contributed by atoms with Gasteiger partial charge in [-0.05, 0) is 30.5 Å². The van der Waals surface area contributed by atoms with Gasteiger partial charge in [0.15, 0.2) is 0 Å². The van der Waals surface area contributed by atoms with Gasteiger partial charge in [0.2, 0.25) is 0 Å². The number of amides is 1. The summed E-state index contributed by atoms with van der Waals surface area (Å²) in [6, 6.07) is 7.59. The van der Waals surface area contributed by atoms with Crippen LogP contribution in [0.25, 0.3) is 0 Å². The second-order valence-corrected chi connectivity index (χ2v) is 4.94. The second-order valence-electron chi connectivity index (χ2n) is 4.41. The van der Waals surface area contributed by atoms with Crippen LogP contribution in [-0.4, -0.2) is 23.2 Å². The molecule has 1 rings (SSSR count). The summed E-state index contributed by atoms with van der Waals surface area (Å²) in [5.74, 6) is 0.498. The molecular weight excluding hydrogens is 269 g/mol. The van der Waals surface area contributed by atoms with Gasteiger partial charge in [0, 0.05) is 17.3 Å². The van der Waals surface area contributed by atoms with E-state index in [1.165, 1.54) is 5.56 Å². The van der Waals surface area contributed by atoms with Crippen LogP contribution in [0.4, 0.5) is 0 Å². The minimum Gasteiger partial charge on any atom is -0.344 e. The van der Waals surface area contributed by atoms with E-state index in [9.17, 15) is 4.79 Å². The summed E-state index contributed by atoms with van der Waals surface area (Å²) in [6.07, 6.45) is 1.67. The Labute approximate surface area is 119 Å². The third-order valence-electron chi connectivity index (χ3n) is 3.19. The highest BCUT2D eigenvalue weighted by atomic mass is 35.5. The normalized spacial score (nSPS) is 11.3. The molecule has 0 saturated carbocycles. The number of carbonyl (C=O) groups excluding carboxylic acids is 1. The Morgan fingerprint density at radius 1 is 1.17 bits per heavy atom. The van der Waals surface area contributed by atoms with Crippen LogP contribution in [0.1, 0.15) is 36.2 Å². The lowest BCUT2D eigenvalue weighted by Crippen LogP contribution is -2.51. The lowest BCUT2D eigenvalue weighted by Gasteiger charge is -2.29. The van der Waals surface area contributed by atoms with Crippen LogP contribution in [0.5, 0.6) is 0 Å². The summed E-state index contributed by atoms with van der Waals surface area (Å²) in [5, 5.41) is 2.93. The quantitative estimate of drug-likeness (QED) is 0.796. The highest BCUT2D eigenvalue weighted by Gasteiger charge is 2.28. The predicted octanol–water partition coefficient (Wildman–Crippen LogP) is 3.61. The van der Waals surface area contributed by atoms with Crippen molar-refractivity contribution in [2.45, 2.75) is 32.2 Å². The smallest absolute Gasteiger partial charge is 0.251 e. The van der Waals surface area contributed by atoms with Crippen molar-refractivity contribution in [2.24, 2.45) is 0 Å². The molecule has 0 aliphatic rings. The van der Waals surface area contributed by atoms with E-state index in [4.69, 9.17) is 23.2 Å². The first-order valence-electron chi connectivity index (χ1n) is 6.14. The zero-order valence-electron chi connectivity index (χ0n) is 10.8. The molecule has 0 aliphatic heterocycles. The molecule has 0 aromatic heterocycles. The Balaban J connectivity index is 2.80. The van der Waals surface area contributed by atoms with Crippen molar-refractivity contribution >= 4 is 29.1 Å². The molecule has 0 unspecified atom stereocenters. The van der Waals surface area contributed by atoms with Crippen molar-refractivity contribution in [2.75, 3.05) is 11.8 Å². The fourth-order valence-electron chi connectivity index (χ4n) is 1.58. The van der Waals surface area contributed by atoms with Crippen molar-refractivity contribution in [1.82, 2.24) is 5.32 Å². The predicted molar refractivity (Wildman–Crippen MR) is 77.7 cm³/mol. The lowest BCUT2D eigenvalue weighted by molar-refractivity contribution is 0.0913. The van der Waals surface area contributed by atoms with Crippen molar-refractivity contribution in [1.29, 1.82) is 0 Å². The van der Waals surface area contributed by atoms with Gasteiger partial charge in [-0.1, -0.05) is 26.0 Å². The Morgan fingerprint density at radius 2 is 1.72 bits per heavy atom. The third-order valence-corrected chi connectivity index (χ3v) is 4.21. The lowest BCUT2D eigenvalue weighted by atomic mass is 10.0. The summed E-state index contributed by atoms with van der Waals surface area (Å²) < 4.78 is 0. The topological polar surface area (TPSA) is 29.1 Å². The molecule has 0 saturated heterocycles. The molecule has 0 radical (unpaired) electrons. The molecule has 1 amide bonds. The summed E-state index contributed by atoms with van der Waals surface area (Å²) in [6.45, 7) is 4.05. The highest BCUT2D eigenvalue weighted by Crippen LogP contribution is 2.16. The Morgan fingerprint density at radius 3 is 2.11 bits per heavy atom. The Kier molecular flexibility index (Phi) is 5.97. The van der Waals surface area contributed by atoms with E-state index in [2.05, 4.69) is 12.2 Å². The molecule has 18 heavy (non-hydrogen) atoms. The summed E-state index contributed by atoms with van der Waals surface area (Å²) in [7, 11) is 0. The molecule has 100 valence electrons. The number of carbonyl (C=O) groups is 1. The van der Waals surface area contributed by atoms with Gasteiger partial charge in [0.05, 0.1) is 5.54 Å². The van der Waals surface area contributed by atoms with Crippen molar-refractivity contribution < 1.29 is 4.79 Å². The molecule has 0 aliphatic carbocycles. The largest absolute Gasteiger partial charge is 0.344 e. The van der Waals surface area contributed by atoms with Crippen LogP contribution in [0, 0.1) is 0 Å². The zero-order chi connectivity index (χ0) is 13.6. The standard InChI is InChI=1S/C14H19Cl2NO/c1-3-11-5-7-12(8-6-11)13(18)17-14(4-2,9-15)10-16/h5-8H,3-4,9-10H2,1-2H3,(H,17,18). The number of hydrogen-bond acceptors (Lipinski definition) is 1. The fourth-order valence-corrected chi connectivity index (χ4v) is 2.38. The van der Waals surface area contributed by atoms with Gasteiger partial charge >= 0.3 is 0 Å². The molecule has 0 spiro atoms. The van der Waals surface area contributed by atoms with Crippen molar-refractivity contribution in [3.05, 3.63) is 35.4 Å². The molecular formula is C14H19Cl2NO. The summed E-state index contributed by atoms with van der Waals surface area (Å²) in [4.78, 5) is 12.1. The van der Waals surface area contributed by atoms with Crippen LogP contribution < -0.4 is 5.32 Å². The van der Waals surface area contributed by atoms with Crippen molar-refractivity contribution in [3.63, 3.8) is 0 Å². The van der Waals surface area contributed by atoms with Gasteiger partial charge in [-0.15, -0.1) is 23.2 Å². The first-order valence-corrected chi connectivity index (χ1v) is 7.21. The van der Waals surface area contributed by atoms with Crippen molar-refractivity contribution in [3.8, 4) is 0 Å². The highest BCUT2D eigenvalue weighted by molar-refractivity contribution is 6.22. The molecule has 0 fully saturated rings. The molecule has 4 heteroatoms. The number of hydrogen-bond donors (Lipinski definition) is 1.